The zero-order valence-corrected chi connectivity index (χ0v) is 6.26. The van der Waals surface area contributed by atoms with Gasteiger partial charge in [-0.25, -0.2) is 0 Å². The van der Waals surface area contributed by atoms with Gasteiger partial charge in [-0.2, -0.15) is 0 Å². The van der Waals surface area contributed by atoms with Crippen molar-refractivity contribution in [2.45, 2.75) is 32.1 Å². The lowest BCUT2D eigenvalue weighted by Crippen LogP contribution is -2.03. The highest BCUT2D eigenvalue weighted by Crippen LogP contribution is 2.31. The molecule has 0 saturated heterocycles. The average molecular weight is 136 g/mol. The van der Waals surface area contributed by atoms with Crippen molar-refractivity contribution >= 4 is 0 Å². The fourth-order valence-corrected chi connectivity index (χ4v) is 1.72. The first kappa shape index (κ1) is 6.02. The van der Waals surface area contributed by atoms with Gasteiger partial charge in [-0.3, -0.25) is 0 Å². The van der Waals surface area contributed by atoms with Crippen molar-refractivity contribution in [3.63, 3.8) is 0 Å². The SMILES string of the molecule is CC1CCCc2ccoc21. The molecule has 0 spiro atoms. The van der Waals surface area contributed by atoms with Crippen LogP contribution in [0.1, 0.15) is 37.0 Å². The van der Waals surface area contributed by atoms with Gasteiger partial charge in [0, 0.05) is 5.92 Å². The molecule has 0 saturated carbocycles. The van der Waals surface area contributed by atoms with Crippen LogP contribution in [0.2, 0.25) is 0 Å². The largest absolute Gasteiger partial charge is 0.469 e. The Labute approximate surface area is 61.0 Å². The fourth-order valence-electron chi connectivity index (χ4n) is 1.72. The average Bonchev–Trinajstić information content (AvgIpc) is 2.36. The maximum atomic E-state index is 5.37. The van der Waals surface area contributed by atoms with E-state index in [9.17, 15) is 0 Å². The number of fused-ring (bicyclic) bond motifs is 1. The number of rotatable bonds is 0. The van der Waals surface area contributed by atoms with E-state index in [1.165, 1.54) is 30.6 Å². The fraction of sp³-hybridized carbons (Fsp3) is 0.556. The zero-order chi connectivity index (χ0) is 6.97. The third kappa shape index (κ3) is 0.772. The maximum absolute atomic E-state index is 5.37. The highest BCUT2D eigenvalue weighted by Gasteiger charge is 2.18. The lowest BCUT2D eigenvalue weighted by molar-refractivity contribution is 0.432. The van der Waals surface area contributed by atoms with Gasteiger partial charge in [-0.15, -0.1) is 0 Å². The molecule has 0 N–H and O–H groups in total. The highest BCUT2D eigenvalue weighted by atomic mass is 16.3. The highest BCUT2D eigenvalue weighted by molar-refractivity contribution is 5.22. The van der Waals surface area contributed by atoms with E-state index < -0.39 is 0 Å². The minimum Gasteiger partial charge on any atom is -0.469 e. The van der Waals surface area contributed by atoms with Crippen molar-refractivity contribution in [2.75, 3.05) is 0 Å². The standard InChI is InChI=1S/C9H12O/c1-7-3-2-4-8-5-6-10-9(7)8/h5-7H,2-4H2,1H3. The second-order valence-corrected chi connectivity index (χ2v) is 3.10. The molecule has 0 fully saturated rings. The Balaban J connectivity index is 2.41. The van der Waals surface area contributed by atoms with Crippen LogP contribution >= 0.6 is 0 Å². The minimum atomic E-state index is 0.652. The van der Waals surface area contributed by atoms with Crippen LogP contribution in [-0.2, 0) is 6.42 Å². The number of furan rings is 1. The summed E-state index contributed by atoms with van der Waals surface area (Å²) in [5, 5.41) is 0. The lowest BCUT2D eigenvalue weighted by atomic mass is 9.90. The van der Waals surface area contributed by atoms with E-state index in [4.69, 9.17) is 4.42 Å². The van der Waals surface area contributed by atoms with E-state index in [0.29, 0.717) is 5.92 Å². The molecule has 54 valence electrons. The third-order valence-electron chi connectivity index (χ3n) is 2.31. The molecular weight excluding hydrogens is 124 g/mol. The molecule has 0 aliphatic heterocycles. The quantitative estimate of drug-likeness (QED) is 0.534. The van der Waals surface area contributed by atoms with Gasteiger partial charge in [0.2, 0.25) is 0 Å². The van der Waals surface area contributed by atoms with Crippen molar-refractivity contribution in [3.8, 4) is 0 Å². The Morgan fingerprint density at radius 2 is 2.50 bits per heavy atom. The van der Waals surface area contributed by atoms with E-state index in [0.717, 1.165) is 0 Å². The molecule has 1 aliphatic carbocycles. The summed E-state index contributed by atoms with van der Waals surface area (Å²) >= 11 is 0. The summed E-state index contributed by atoms with van der Waals surface area (Å²) in [6, 6.07) is 2.10. The van der Waals surface area contributed by atoms with Crippen molar-refractivity contribution in [2.24, 2.45) is 0 Å². The summed E-state index contributed by atoms with van der Waals surface area (Å²) in [4.78, 5) is 0. The number of aryl methyl sites for hydroxylation is 1. The first-order valence-corrected chi connectivity index (χ1v) is 3.94. The van der Waals surface area contributed by atoms with E-state index in [-0.39, 0.29) is 0 Å². The Hall–Kier alpha value is -0.720. The van der Waals surface area contributed by atoms with Crippen LogP contribution in [0.3, 0.4) is 0 Å². The van der Waals surface area contributed by atoms with Crippen molar-refractivity contribution in [3.05, 3.63) is 23.7 Å². The molecule has 1 atom stereocenters. The molecule has 1 unspecified atom stereocenters. The molecule has 0 bridgehead atoms. The van der Waals surface area contributed by atoms with Crippen LogP contribution in [-0.4, -0.2) is 0 Å². The van der Waals surface area contributed by atoms with E-state index in [1.54, 1.807) is 0 Å². The summed E-state index contributed by atoms with van der Waals surface area (Å²) < 4.78 is 5.37. The lowest BCUT2D eigenvalue weighted by Gasteiger charge is -2.15. The minimum absolute atomic E-state index is 0.652. The van der Waals surface area contributed by atoms with Gasteiger partial charge in [0.1, 0.15) is 5.76 Å². The summed E-state index contributed by atoms with van der Waals surface area (Å²) in [6.07, 6.45) is 5.65. The Bertz CT molecular complexity index is 224. The second-order valence-electron chi connectivity index (χ2n) is 3.10. The molecule has 1 heteroatoms. The molecule has 1 nitrogen and oxygen atoms in total. The predicted octanol–water partition coefficient (Wildman–Crippen LogP) is 2.72. The molecular formula is C9H12O. The predicted molar refractivity (Wildman–Crippen MR) is 40.1 cm³/mol. The van der Waals surface area contributed by atoms with Crippen LogP contribution in [0.15, 0.2) is 16.7 Å². The topological polar surface area (TPSA) is 13.1 Å². The normalized spacial score (nSPS) is 24.3. The summed E-state index contributed by atoms with van der Waals surface area (Å²) in [5.74, 6) is 1.88. The van der Waals surface area contributed by atoms with Gasteiger partial charge in [0.25, 0.3) is 0 Å². The molecule has 0 radical (unpaired) electrons. The van der Waals surface area contributed by atoms with Gasteiger partial charge < -0.3 is 4.42 Å². The smallest absolute Gasteiger partial charge is 0.109 e. The van der Waals surface area contributed by atoms with Crippen LogP contribution in [0, 0.1) is 0 Å². The summed E-state index contributed by atoms with van der Waals surface area (Å²) in [5.41, 5.74) is 1.43. The number of hydrogen-bond donors (Lipinski definition) is 0. The molecule has 1 aromatic heterocycles. The van der Waals surface area contributed by atoms with Crippen molar-refractivity contribution < 1.29 is 4.42 Å². The van der Waals surface area contributed by atoms with Crippen LogP contribution in [0.25, 0.3) is 0 Å². The first-order chi connectivity index (χ1) is 4.88. The van der Waals surface area contributed by atoms with Gasteiger partial charge in [0.05, 0.1) is 6.26 Å². The first-order valence-electron chi connectivity index (χ1n) is 3.94. The van der Waals surface area contributed by atoms with Crippen LogP contribution in [0.4, 0.5) is 0 Å². The number of hydrogen-bond acceptors (Lipinski definition) is 1. The van der Waals surface area contributed by atoms with Crippen molar-refractivity contribution in [1.29, 1.82) is 0 Å². The second kappa shape index (κ2) is 2.15. The zero-order valence-electron chi connectivity index (χ0n) is 6.26. The molecule has 1 aliphatic rings. The van der Waals surface area contributed by atoms with Gasteiger partial charge >= 0.3 is 0 Å². The molecule has 10 heavy (non-hydrogen) atoms. The van der Waals surface area contributed by atoms with Crippen LogP contribution in [0.5, 0.6) is 0 Å². The Morgan fingerprint density at radius 3 is 3.30 bits per heavy atom. The summed E-state index contributed by atoms with van der Waals surface area (Å²) in [6.45, 7) is 2.24. The molecule has 1 aromatic rings. The van der Waals surface area contributed by atoms with Gasteiger partial charge in [-0.1, -0.05) is 6.92 Å². The van der Waals surface area contributed by atoms with Crippen LogP contribution < -0.4 is 0 Å². The molecule has 0 amide bonds. The van der Waals surface area contributed by atoms with Gasteiger partial charge in [-0.05, 0) is 30.9 Å². The van der Waals surface area contributed by atoms with E-state index >= 15 is 0 Å². The summed E-state index contributed by atoms with van der Waals surface area (Å²) in [7, 11) is 0. The molecule has 2 rings (SSSR count). The Kier molecular flexibility index (Phi) is 1.30. The van der Waals surface area contributed by atoms with E-state index in [2.05, 4.69) is 13.0 Å². The molecule has 1 heterocycles. The van der Waals surface area contributed by atoms with Gasteiger partial charge in [0.15, 0.2) is 0 Å². The van der Waals surface area contributed by atoms with E-state index in [1.807, 2.05) is 6.26 Å². The third-order valence-corrected chi connectivity index (χ3v) is 2.31. The molecule has 0 aromatic carbocycles. The van der Waals surface area contributed by atoms with Crippen molar-refractivity contribution in [1.82, 2.24) is 0 Å². The maximum Gasteiger partial charge on any atom is 0.109 e. The monoisotopic (exact) mass is 136 g/mol. The Morgan fingerprint density at radius 1 is 1.60 bits per heavy atom.